The standard InChI is InChI=1S/C12H19N3O2S/c1-16-10-6-11(15-12(14-10)18-2)17-8-9-4-3-5-13-7-9/h6,9,13H,3-5,7-8H2,1-2H3. The lowest BCUT2D eigenvalue weighted by Gasteiger charge is -2.22. The summed E-state index contributed by atoms with van der Waals surface area (Å²) in [6.45, 7) is 2.84. The molecule has 0 aliphatic carbocycles. The second-order valence-corrected chi connectivity index (χ2v) is 5.03. The van der Waals surface area contributed by atoms with Crippen LogP contribution in [0.2, 0.25) is 0 Å². The average molecular weight is 269 g/mol. The third kappa shape index (κ3) is 3.74. The van der Waals surface area contributed by atoms with Gasteiger partial charge in [-0.2, -0.15) is 9.97 Å². The smallest absolute Gasteiger partial charge is 0.221 e. The molecule has 0 bridgehead atoms. The Morgan fingerprint density at radius 3 is 2.94 bits per heavy atom. The van der Waals surface area contributed by atoms with Crippen molar-refractivity contribution in [3.8, 4) is 11.8 Å². The van der Waals surface area contributed by atoms with Gasteiger partial charge >= 0.3 is 0 Å². The van der Waals surface area contributed by atoms with E-state index in [1.54, 1.807) is 13.2 Å². The first-order valence-electron chi connectivity index (χ1n) is 6.12. The number of nitrogens with zero attached hydrogens (tertiary/aromatic N) is 2. The molecule has 5 nitrogen and oxygen atoms in total. The summed E-state index contributed by atoms with van der Waals surface area (Å²) in [5.74, 6) is 1.71. The number of hydrogen-bond acceptors (Lipinski definition) is 6. The van der Waals surface area contributed by atoms with Crippen LogP contribution in [0.25, 0.3) is 0 Å². The maximum Gasteiger partial charge on any atom is 0.221 e. The lowest BCUT2D eigenvalue weighted by atomic mass is 10.0. The zero-order valence-electron chi connectivity index (χ0n) is 10.8. The van der Waals surface area contributed by atoms with E-state index in [4.69, 9.17) is 9.47 Å². The summed E-state index contributed by atoms with van der Waals surface area (Å²) in [4.78, 5) is 8.52. The van der Waals surface area contributed by atoms with Crippen LogP contribution in [0.5, 0.6) is 11.8 Å². The molecule has 18 heavy (non-hydrogen) atoms. The lowest BCUT2D eigenvalue weighted by Crippen LogP contribution is -2.33. The molecular weight excluding hydrogens is 250 g/mol. The highest BCUT2D eigenvalue weighted by molar-refractivity contribution is 7.98. The van der Waals surface area contributed by atoms with Crippen molar-refractivity contribution in [1.82, 2.24) is 15.3 Å². The summed E-state index contributed by atoms with van der Waals surface area (Å²) < 4.78 is 10.9. The molecule has 1 fully saturated rings. The van der Waals surface area contributed by atoms with Crippen molar-refractivity contribution in [2.45, 2.75) is 18.0 Å². The van der Waals surface area contributed by atoms with Crippen LogP contribution >= 0.6 is 11.8 Å². The van der Waals surface area contributed by atoms with Gasteiger partial charge in [0.2, 0.25) is 11.8 Å². The molecule has 0 saturated carbocycles. The van der Waals surface area contributed by atoms with E-state index in [0.717, 1.165) is 13.1 Å². The minimum Gasteiger partial charge on any atom is -0.481 e. The van der Waals surface area contributed by atoms with Gasteiger partial charge in [0, 0.05) is 12.5 Å². The van der Waals surface area contributed by atoms with Gasteiger partial charge in [0.15, 0.2) is 5.16 Å². The van der Waals surface area contributed by atoms with E-state index in [9.17, 15) is 0 Å². The van der Waals surface area contributed by atoms with Crippen molar-refractivity contribution in [2.75, 3.05) is 33.1 Å². The largest absolute Gasteiger partial charge is 0.481 e. The maximum atomic E-state index is 5.75. The molecule has 0 amide bonds. The minimum atomic E-state index is 0.547. The summed E-state index contributed by atoms with van der Waals surface area (Å²) in [6, 6.07) is 1.73. The SMILES string of the molecule is COc1cc(OCC2CCCNC2)nc(SC)n1. The van der Waals surface area contributed by atoms with Crippen molar-refractivity contribution in [2.24, 2.45) is 5.92 Å². The third-order valence-corrected chi connectivity index (χ3v) is 3.46. The highest BCUT2D eigenvalue weighted by Gasteiger charge is 2.14. The summed E-state index contributed by atoms with van der Waals surface area (Å²) in [5.41, 5.74) is 0. The number of thioether (sulfide) groups is 1. The molecule has 1 aliphatic rings. The van der Waals surface area contributed by atoms with Crippen LogP contribution in [0.1, 0.15) is 12.8 Å². The van der Waals surface area contributed by atoms with E-state index in [-0.39, 0.29) is 0 Å². The van der Waals surface area contributed by atoms with E-state index in [1.807, 2.05) is 6.26 Å². The summed E-state index contributed by atoms with van der Waals surface area (Å²) in [6.07, 6.45) is 4.37. The maximum absolute atomic E-state index is 5.75. The van der Waals surface area contributed by atoms with Crippen LogP contribution in [0.3, 0.4) is 0 Å². The van der Waals surface area contributed by atoms with Gasteiger partial charge in [0.1, 0.15) is 0 Å². The summed E-state index contributed by atoms with van der Waals surface area (Å²) in [7, 11) is 1.60. The van der Waals surface area contributed by atoms with Crippen molar-refractivity contribution < 1.29 is 9.47 Å². The molecule has 1 aromatic heterocycles. The molecule has 2 rings (SSSR count). The number of aromatic nitrogens is 2. The molecule has 1 aromatic rings. The molecule has 1 aliphatic heterocycles. The number of rotatable bonds is 5. The normalized spacial score (nSPS) is 19.6. The van der Waals surface area contributed by atoms with Gasteiger partial charge in [-0.1, -0.05) is 11.8 Å². The van der Waals surface area contributed by atoms with Crippen molar-refractivity contribution in [3.05, 3.63) is 6.07 Å². The van der Waals surface area contributed by atoms with E-state index in [2.05, 4.69) is 15.3 Å². The van der Waals surface area contributed by atoms with Gasteiger partial charge in [0.05, 0.1) is 19.8 Å². The fraction of sp³-hybridized carbons (Fsp3) is 0.667. The fourth-order valence-corrected chi connectivity index (χ4v) is 2.29. The molecule has 1 atom stereocenters. The van der Waals surface area contributed by atoms with Gasteiger partial charge in [-0.25, -0.2) is 0 Å². The molecule has 100 valence electrons. The highest BCUT2D eigenvalue weighted by Crippen LogP contribution is 2.21. The van der Waals surface area contributed by atoms with Gasteiger partial charge in [0.25, 0.3) is 0 Å². The zero-order chi connectivity index (χ0) is 12.8. The van der Waals surface area contributed by atoms with Crippen LogP contribution in [0, 0.1) is 5.92 Å². The van der Waals surface area contributed by atoms with E-state index >= 15 is 0 Å². The summed E-state index contributed by atoms with van der Waals surface area (Å²) >= 11 is 1.48. The number of hydrogen-bond donors (Lipinski definition) is 1. The lowest BCUT2D eigenvalue weighted by molar-refractivity contribution is 0.209. The molecule has 1 saturated heterocycles. The van der Waals surface area contributed by atoms with Crippen molar-refractivity contribution in [3.63, 3.8) is 0 Å². The Labute approximate surface area is 112 Å². The minimum absolute atomic E-state index is 0.547. The molecule has 0 spiro atoms. The second kappa shape index (κ2) is 6.80. The van der Waals surface area contributed by atoms with Crippen LogP contribution in [0.4, 0.5) is 0 Å². The first kappa shape index (κ1) is 13.4. The predicted molar refractivity (Wildman–Crippen MR) is 71.5 cm³/mol. The Balaban J connectivity index is 1.94. The first-order valence-corrected chi connectivity index (χ1v) is 7.35. The Morgan fingerprint density at radius 1 is 1.44 bits per heavy atom. The van der Waals surface area contributed by atoms with Crippen LogP contribution in [0.15, 0.2) is 11.2 Å². The fourth-order valence-electron chi connectivity index (χ4n) is 1.92. The second-order valence-electron chi connectivity index (χ2n) is 4.26. The molecular formula is C12H19N3O2S. The molecule has 1 N–H and O–H groups in total. The molecule has 0 radical (unpaired) electrons. The van der Waals surface area contributed by atoms with Crippen LogP contribution in [-0.4, -0.2) is 43.0 Å². The van der Waals surface area contributed by atoms with Crippen molar-refractivity contribution in [1.29, 1.82) is 0 Å². The number of piperidine rings is 1. The predicted octanol–water partition coefficient (Wildman–Crippen LogP) is 1.59. The van der Waals surface area contributed by atoms with E-state index in [0.29, 0.717) is 29.4 Å². The number of nitrogens with one attached hydrogen (secondary N) is 1. The molecule has 0 aromatic carbocycles. The van der Waals surface area contributed by atoms with Gasteiger partial charge in [-0.05, 0) is 25.6 Å². The number of ether oxygens (including phenoxy) is 2. The van der Waals surface area contributed by atoms with Crippen LogP contribution in [-0.2, 0) is 0 Å². The van der Waals surface area contributed by atoms with E-state index < -0.39 is 0 Å². The van der Waals surface area contributed by atoms with Crippen molar-refractivity contribution >= 4 is 11.8 Å². The van der Waals surface area contributed by atoms with Gasteiger partial charge in [-0.3, -0.25) is 0 Å². The first-order chi connectivity index (χ1) is 8.81. The number of methoxy groups -OCH3 is 1. The highest BCUT2D eigenvalue weighted by atomic mass is 32.2. The quantitative estimate of drug-likeness (QED) is 0.647. The Hall–Kier alpha value is -1.01. The third-order valence-electron chi connectivity index (χ3n) is 2.92. The topological polar surface area (TPSA) is 56.3 Å². The molecule has 2 heterocycles. The Bertz CT molecular complexity index is 361. The van der Waals surface area contributed by atoms with Crippen LogP contribution < -0.4 is 14.8 Å². The Kier molecular flexibility index (Phi) is 5.07. The van der Waals surface area contributed by atoms with E-state index in [1.165, 1.54) is 24.6 Å². The summed E-state index contributed by atoms with van der Waals surface area (Å²) in [5, 5.41) is 4.05. The average Bonchev–Trinajstić information content (AvgIpc) is 2.45. The van der Waals surface area contributed by atoms with Gasteiger partial charge in [-0.15, -0.1) is 0 Å². The monoisotopic (exact) mass is 269 g/mol. The van der Waals surface area contributed by atoms with Gasteiger partial charge < -0.3 is 14.8 Å². The molecule has 6 heteroatoms. The zero-order valence-corrected chi connectivity index (χ0v) is 11.6. The Morgan fingerprint density at radius 2 is 2.28 bits per heavy atom. The molecule has 1 unspecified atom stereocenters.